The second kappa shape index (κ2) is 9.59. The Kier molecular flexibility index (Phi) is 7.09. The zero-order valence-electron chi connectivity index (χ0n) is 17.5. The monoisotopic (exact) mass is 446 g/mol. The van der Waals surface area contributed by atoms with Gasteiger partial charge in [-0.1, -0.05) is 48.0 Å². The molecule has 9 heteroatoms. The van der Waals surface area contributed by atoms with E-state index in [2.05, 4.69) is 0 Å². The van der Waals surface area contributed by atoms with Crippen molar-refractivity contribution < 1.29 is 28.0 Å². The molecule has 0 saturated carbocycles. The Bertz CT molecular complexity index is 1020. The lowest BCUT2D eigenvalue weighted by atomic mass is 10.0. The maximum atomic E-state index is 13.1. The smallest absolute Gasteiger partial charge is 0.331 e. The van der Waals surface area contributed by atoms with Crippen molar-refractivity contribution in [3.8, 4) is 0 Å². The maximum Gasteiger partial charge on any atom is 0.331 e. The summed E-state index contributed by atoms with van der Waals surface area (Å²) in [5.74, 6) is -1.63. The minimum Gasteiger partial charge on any atom is -0.467 e. The highest BCUT2D eigenvalue weighted by Crippen LogP contribution is 2.28. The normalized spacial score (nSPS) is 17.8. The third kappa shape index (κ3) is 4.95. The van der Waals surface area contributed by atoms with E-state index in [0.717, 1.165) is 15.4 Å². The van der Waals surface area contributed by atoms with Gasteiger partial charge >= 0.3 is 5.97 Å². The molecule has 2 aromatic rings. The first-order chi connectivity index (χ1) is 14.8. The van der Waals surface area contributed by atoms with Crippen LogP contribution in [0.15, 0.2) is 59.5 Å². The number of benzene rings is 2. The number of esters is 1. The lowest BCUT2D eigenvalue weighted by Gasteiger charge is -2.29. The van der Waals surface area contributed by atoms with Crippen LogP contribution >= 0.6 is 0 Å². The lowest BCUT2D eigenvalue weighted by Crippen LogP contribution is -2.52. The minimum absolute atomic E-state index is 0.0349. The molecule has 166 valence electrons. The lowest BCUT2D eigenvalue weighted by molar-refractivity contribution is -0.189. The van der Waals surface area contributed by atoms with Crippen molar-refractivity contribution >= 4 is 21.9 Å². The summed E-state index contributed by atoms with van der Waals surface area (Å²) in [5.41, 5.74) is 1.64. The molecule has 2 aromatic carbocycles. The summed E-state index contributed by atoms with van der Waals surface area (Å²) < 4.78 is 32.1. The predicted octanol–water partition coefficient (Wildman–Crippen LogP) is 2.15. The van der Waals surface area contributed by atoms with Gasteiger partial charge in [-0.05, 0) is 37.5 Å². The van der Waals surface area contributed by atoms with Crippen LogP contribution < -0.4 is 0 Å². The molecule has 0 aliphatic carbocycles. The molecule has 3 rings (SSSR count). The van der Waals surface area contributed by atoms with E-state index in [1.807, 2.05) is 13.0 Å². The molecule has 1 N–H and O–H groups in total. The number of aryl methyl sites for hydroxylation is 1. The third-order valence-electron chi connectivity index (χ3n) is 5.38. The number of hydrogen-bond donors (Lipinski definition) is 1. The van der Waals surface area contributed by atoms with Gasteiger partial charge in [0.25, 0.3) is 5.91 Å². The summed E-state index contributed by atoms with van der Waals surface area (Å²) in [6, 6.07) is 12.9. The van der Waals surface area contributed by atoms with E-state index in [-0.39, 0.29) is 24.3 Å². The molecule has 1 saturated heterocycles. The Morgan fingerprint density at radius 2 is 1.81 bits per heavy atom. The van der Waals surface area contributed by atoms with E-state index in [1.54, 1.807) is 36.4 Å². The number of methoxy groups -OCH3 is 1. The fourth-order valence-electron chi connectivity index (χ4n) is 3.67. The molecular weight excluding hydrogens is 420 g/mol. The standard InChI is InChI=1S/C22H26N2O6S/c1-16-10-12-18(13-11-16)31(28,29)23-14-6-9-19(23)21(25)24(27)20(22(26)30-2)15-17-7-4-3-5-8-17/h3-5,7-8,10-13,19-20,27H,6,9,14-15H2,1-2H3/t19-,20+/m1/s1. The summed E-state index contributed by atoms with van der Waals surface area (Å²) in [4.78, 5) is 25.5. The largest absolute Gasteiger partial charge is 0.467 e. The van der Waals surface area contributed by atoms with Crippen LogP contribution in [-0.4, -0.2) is 60.6 Å². The molecule has 1 heterocycles. The Morgan fingerprint density at radius 1 is 1.16 bits per heavy atom. The summed E-state index contributed by atoms with van der Waals surface area (Å²) in [6.45, 7) is 2.00. The molecule has 0 radical (unpaired) electrons. The highest BCUT2D eigenvalue weighted by atomic mass is 32.2. The first-order valence-electron chi connectivity index (χ1n) is 9.98. The molecule has 0 aromatic heterocycles. The fourth-order valence-corrected chi connectivity index (χ4v) is 5.32. The molecule has 0 unspecified atom stereocenters. The van der Waals surface area contributed by atoms with Crippen LogP contribution in [0.5, 0.6) is 0 Å². The fraction of sp³-hybridized carbons (Fsp3) is 0.364. The van der Waals surface area contributed by atoms with Gasteiger partial charge in [-0.3, -0.25) is 10.0 Å². The SMILES string of the molecule is COC(=O)[C@H](Cc1ccccc1)N(O)C(=O)[C@H]1CCCN1S(=O)(=O)c1ccc(C)cc1. The van der Waals surface area contributed by atoms with Gasteiger partial charge in [0, 0.05) is 13.0 Å². The Labute approximate surface area is 182 Å². The van der Waals surface area contributed by atoms with E-state index in [9.17, 15) is 23.2 Å². The van der Waals surface area contributed by atoms with Crippen LogP contribution in [-0.2, 0) is 30.8 Å². The van der Waals surface area contributed by atoms with E-state index in [0.29, 0.717) is 11.5 Å². The number of hydroxylamine groups is 2. The first-order valence-corrected chi connectivity index (χ1v) is 11.4. The van der Waals surface area contributed by atoms with Crippen LogP contribution in [0, 0.1) is 6.92 Å². The van der Waals surface area contributed by atoms with Gasteiger partial charge in [0.15, 0.2) is 6.04 Å². The quantitative estimate of drug-likeness (QED) is 0.397. The Morgan fingerprint density at radius 3 is 2.42 bits per heavy atom. The van der Waals surface area contributed by atoms with Gasteiger partial charge in [-0.2, -0.15) is 4.31 Å². The van der Waals surface area contributed by atoms with E-state index in [1.165, 1.54) is 19.2 Å². The average Bonchev–Trinajstić information content (AvgIpc) is 3.28. The van der Waals surface area contributed by atoms with Crippen molar-refractivity contribution in [1.29, 1.82) is 0 Å². The summed E-state index contributed by atoms with van der Waals surface area (Å²) in [7, 11) is -2.77. The average molecular weight is 447 g/mol. The Balaban J connectivity index is 1.84. The van der Waals surface area contributed by atoms with Gasteiger partial charge in [-0.15, -0.1) is 0 Å². The molecule has 1 aliphatic rings. The molecule has 8 nitrogen and oxygen atoms in total. The van der Waals surface area contributed by atoms with Crippen molar-refractivity contribution in [2.75, 3.05) is 13.7 Å². The van der Waals surface area contributed by atoms with Gasteiger partial charge in [0.05, 0.1) is 12.0 Å². The van der Waals surface area contributed by atoms with Gasteiger partial charge < -0.3 is 4.74 Å². The van der Waals surface area contributed by atoms with Crippen LogP contribution in [0.3, 0.4) is 0 Å². The zero-order valence-corrected chi connectivity index (χ0v) is 18.3. The highest BCUT2D eigenvalue weighted by molar-refractivity contribution is 7.89. The number of hydrogen-bond acceptors (Lipinski definition) is 6. The number of sulfonamides is 1. The number of rotatable bonds is 7. The van der Waals surface area contributed by atoms with E-state index < -0.39 is 34.0 Å². The third-order valence-corrected chi connectivity index (χ3v) is 7.30. The van der Waals surface area contributed by atoms with Crippen molar-refractivity contribution in [1.82, 2.24) is 9.37 Å². The van der Waals surface area contributed by atoms with Crippen molar-refractivity contribution in [2.24, 2.45) is 0 Å². The summed E-state index contributed by atoms with van der Waals surface area (Å²) in [5, 5.41) is 11.0. The van der Waals surface area contributed by atoms with Gasteiger partial charge in [0.1, 0.15) is 6.04 Å². The molecule has 0 spiro atoms. The number of nitrogens with zero attached hydrogens (tertiary/aromatic N) is 2. The molecule has 0 bridgehead atoms. The molecule has 1 aliphatic heterocycles. The van der Waals surface area contributed by atoms with Crippen LogP contribution in [0.2, 0.25) is 0 Å². The highest BCUT2D eigenvalue weighted by Gasteiger charge is 2.43. The van der Waals surface area contributed by atoms with Crippen LogP contribution in [0.4, 0.5) is 0 Å². The summed E-state index contributed by atoms with van der Waals surface area (Å²) >= 11 is 0. The van der Waals surface area contributed by atoms with Crippen LogP contribution in [0.1, 0.15) is 24.0 Å². The van der Waals surface area contributed by atoms with Crippen molar-refractivity contribution in [3.05, 3.63) is 65.7 Å². The number of carbonyl (C=O) groups is 2. The Hall–Kier alpha value is -2.75. The molecule has 1 amide bonds. The second-order valence-electron chi connectivity index (χ2n) is 7.50. The predicted molar refractivity (Wildman–Crippen MR) is 113 cm³/mol. The topological polar surface area (TPSA) is 104 Å². The van der Waals surface area contributed by atoms with Crippen LogP contribution in [0.25, 0.3) is 0 Å². The molecule has 2 atom stereocenters. The molecule has 31 heavy (non-hydrogen) atoms. The maximum absolute atomic E-state index is 13.1. The molecular formula is C22H26N2O6S. The zero-order chi connectivity index (χ0) is 22.6. The number of carbonyl (C=O) groups excluding carboxylic acids is 2. The van der Waals surface area contributed by atoms with Crippen molar-refractivity contribution in [3.63, 3.8) is 0 Å². The minimum atomic E-state index is -3.94. The van der Waals surface area contributed by atoms with E-state index >= 15 is 0 Å². The summed E-state index contributed by atoms with van der Waals surface area (Å²) in [6.07, 6.45) is 0.754. The molecule has 1 fully saturated rings. The number of amides is 1. The second-order valence-corrected chi connectivity index (χ2v) is 9.39. The van der Waals surface area contributed by atoms with E-state index in [4.69, 9.17) is 4.74 Å². The van der Waals surface area contributed by atoms with Gasteiger partial charge in [-0.25, -0.2) is 18.3 Å². The first kappa shape index (κ1) is 22.9. The van der Waals surface area contributed by atoms with Crippen molar-refractivity contribution in [2.45, 2.75) is 43.2 Å². The van der Waals surface area contributed by atoms with Gasteiger partial charge in [0.2, 0.25) is 10.0 Å². The number of ether oxygens (including phenoxy) is 1.